The number of hydrogen-bond donors (Lipinski definition) is 1. The highest BCUT2D eigenvalue weighted by Crippen LogP contribution is 2.26. The van der Waals surface area contributed by atoms with Crippen LogP contribution in [-0.4, -0.2) is 17.0 Å². The average Bonchev–Trinajstić information content (AvgIpc) is 2.97. The third-order valence-electron chi connectivity index (χ3n) is 5.96. The van der Waals surface area contributed by atoms with Crippen molar-refractivity contribution in [2.45, 2.75) is 20.0 Å². The first-order valence-electron chi connectivity index (χ1n) is 12.7. The Labute approximate surface area is 247 Å². The van der Waals surface area contributed by atoms with Gasteiger partial charge in [-0.25, -0.2) is 0 Å². The third kappa shape index (κ3) is 9.07. The van der Waals surface area contributed by atoms with Gasteiger partial charge in [0.25, 0.3) is 0 Å². The van der Waals surface area contributed by atoms with Gasteiger partial charge in [-0.15, -0.1) is 0 Å². The van der Waals surface area contributed by atoms with Gasteiger partial charge in [0, 0.05) is 15.6 Å². The summed E-state index contributed by atoms with van der Waals surface area (Å²) in [5.74, 6) is -0.0499. The zero-order chi connectivity index (χ0) is 29.1. The monoisotopic (exact) mass is 566 g/mol. The zero-order valence-electron chi connectivity index (χ0n) is 22.6. The molecule has 1 N–H and O–H groups in total. The van der Waals surface area contributed by atoms with Crippen molar-refractivity contribution in [1.82, 2.24) is 0 Å². The second-order valence-electron chi connectivity index (χ2n) is 9.35. The molecule has 1 atom stereocenters. The lowest BCUT2D eigenvalue weighted by atomic mass is 9.94. The van der Waals surface area contributed by atoms with Crippen molar-refractivity contribution in [2.75, 3.05) is 0 Å². The fourth-order valence-corrected chi connectivity index (χ4v) is 4.06. The Morgan fingerprint density at radius 3 is 1.52 bits per heavy atom. The summed E-state index contributed by atoms with van der Waals surface area (Å²) in [4.78, 5) is 12.3. The summed E-state index contributed by atoms with van der Waals surface area (Å²) in [5.41, 5.74) is 6.51. The van der Waals surface area contributed by atoms with E-state index in [0.29, 0.717) is 26.8 Å². The number of allylic oxidation sites excluding steroid dienone is 2. The van der Waals surface area contributed by atoms with E-state index in [1.54, 1.807) is 19.1 Å². The summed E-state index contributed by atoms with van der Waals surface area (Å²) in [6, 6.07) is 34.3. The second-order valence-corrected chi connectivity index (χ2v) is 10.2. The summed E-state index contributed by atoms with van der Waals surface area (Å²) in [6.45, 7) is 11.1. The number of ketones is 1. The quantitative estimate of drug-likeness (QED) is 0.131. The van der Waals surface area contributed by atoms with Crippen LogP contribution in [0.5, 0.6) is 0 Å². The molecule has 0 bridgehead atoms. The molecule has 0 aliphatic heterocycles. The molecule has 0 fully saturated rings. The SMILES string of the molecule is C=C(C)C(=O)/C(=C/c1ccc(Cl)cc1)c1ccccc1.C=C(C)C(O)/C(=C/c1ccc(Cl)cc1)c1ccccc1. The first-order chi connectivity index (χ1) is 19.2. The third-order valence-corrected chi connectivity index (χ3v) is 6.46. The van der Waals surface area contributed by atoms with Crippen molar-refractivity contribution in [1.29, 1.82) is 0 Å². The van der Waals surface area contributed by atoms with Gasteiger partial charge in [0.05, 0.1) is 0 Å². The Morgan fingerprint density at radius 2 is 1.10 bits per heavy atom. The number of aliphatic hydroxyl groups excluding tert-OH is 1. The van der Waals surface area contributed by atoms with E-state index in [0.717, 1.165) is 27.8 Å². The van der Waals surface area contributed by atoms with Crippen LogP contribution in [0.25, 0.3) is 23.3 Å². The number of rotatable bonds is 8. The number of carbonyl (C=O) groups excluding carboxylic acids is 1. The number of carbonyl (C=O) groups is 1. The molecule has 1 unspecified atom stereocenters. The van der Waals surface area contributed by atoms with E-state index in [1.807, 2.05) is 116 Å². The molecule has 4 rings (SSSR count). The standard InChI is InChI=1S/C18H17ClO.C18H15ClO/c2*1-13(2)18(20)17(15-6-4-3-5-7-15)12-14-8-10-16(19)11-9-14/h3-12,18,20H,1H2,2H3;3-12H,1H2,2H3/b2*17-12+. The lowest BCUT2D eigenvalue weighted by Gasteiger charge is -2.16. The van der Waals surface area contributed by atoms with Gasteiger partial charge in [0.2, 0.25) is 0 Å². The molecule has 202 valence electrons. The number of halogens is 2. The minimum absolute atomic E-state index is 0.0499. The molecule has 0 saturated heterocycles. The lowest BCUT2D eigenvalue weighted by molar-refractivity contribution is -0.110. The highest BCUT2D eigenvalue weighted by Gasteiger charge is 2.14. The maximum Gasteiger partial charge on any atom is 0.188 e. The first kappa shape index (κ1) is 30.6. The topological polar surface area (TPSA) is 37.3 Å². The molecule has 0 aliphatic carbocycles. The molecule has 0 spiro atoms. The molecule has 0 radical (unpaired) electrons. The Morgan fingerprint density at radius 1 is 0.675 bits per heavy atom. The predicted octanol–water partition coefficient (Wildman–Crippen LogP) is 9.84. The number of hydrogen-bond acceptors (Lipinski definition) is 2. The lowest BCUT2D eigenvalue weighted by Crippen LogP contribution is -2.10. The highest BCUT2D eigenvalue weighted by molar-refractivity contribution is 6.32. The van der Waals surface area contributed by atoms with Crippen LogP contribution in [0.4, 0.5) is 0 Å². The van der Waals surface area contributed by atoms with Gasteiger partial charge >= 0.3 is 0 Å². The van der Waals surface area contributed by atoms with Gasteiger partial charge in [0.15, 0.2) is 5.78 Å². The molecule has 4 aromatic rings. The van der Waals surface area contributed by atoms with E-state index in [2.05, 4.69) is 13.2 Å². The minimum Gasteiger partial charge on any atom is -0.384 e. The molecule has 0 amide bonds. The fourth-order valence-electron chi connectivity index (χ4n) is 3.81. The second kappa shape index (κ2) is 15.0. The van der Waals surface area contributed by atoms with Gasteiger partial charge < -0.3 is 5.11 Å². The summed E-state index contributed by atoms with van der Waals surface area (Å²) in [7, 11) is 0. The van der Waals surface area contributed by atoms with Gasteiger partial charge in [-0.05, 0) is 89.2 Å². The highest BCUT2D eigenvalue weighted by atomic mass is 35.5. The Bertz CT molecular complexity index is 1500. The van der Waals surface area contributed by atoms with Gasteiger partial charge in [-0.2, -0.15) is 0 Å². The van der Waals surface area contributed by atoms with Gasteiger partial charge in [0.1, 0.15) is 6.10 Å². The summed E-state index contributed by atoms with van der Waals surface area (Å²) < 4.78 is 0. The van der Waals surface area contributed by atoms with E-state index < -0.39 is 6.10 Å². The van der Waals surface area contributed by atoms with Crippen LogP contribution in [0, 0.1) is 0 Å². The maximum atomic E-state index is 12.3. The Hall–Kier alpha value is -3.95. The van der Waals surface area contributed by atoms with E-state index in [9.17, 15) is 9.90 Å². The molecule has 0 aliphatic rings. The Balaban J connectivity index is 0.000000220. The summed E-state index contributed by atoms with van der Waals surface area (Å²) in [6.07, 6.45) is 3.14. The normalized spacial score (nSPS) is 12.1. The van der Waals surface area contributed by atoms with Crippen LogP contribution in [-0.2, 0) is 4.79 Å². The molecular weight excluding hydrogens is 535 g/mol. The van der Waals surface area contributed by atoms with Crippen LogP contribution < -0.4 is 0 Å². The van der Waals surface area contributed by atoms with Crippen LogP contribution in [0.1, 0.15) is 36.1 Å². The van der Waals surface area contributed by atoms with Gasteiger partial charge in [-0.3, -0.25) is 4.79 Å². The maximum absolute atomic E-state index is 12.3. The average molecular weight is 568 g/mol. The van der Waals surface area contributed by atoms with E-state index >= 15 is 0 Å². The molecule has 4 heteroatoms. The molecule has 0 aromatic heterocycles. The van der Waals surface area contributed by atoms with Crippen LogP contribution in [0.15, 0.2) is 133 Å². The van der Waals surface area contributed by atoms with Crippen LogP contribution >= 0.6 is 23.2 Å². The number of aliphatic hydroxyl groups is 1. The molecule has 0 heterocycles. The molecular formula is C36H32Cl2O2. The van der Waals surface area contributed by atoms with E-state index in [1.165, 1.54) is 0 Å². The Kier molecular flexibility index (Phi) is 11.5. The van der Waals surface area contributed by atoms with Crippen molar-refractivity contribution in [3.8, 4) is 0 Å². The van der Waals surface area contributed by atoms with Crippen molar-refractivity contribution >= 4 is 52.3 Å². The number of benzene rings is 4. The smallest absolute Gasteiger partial charge is 0.188 e. The van der Waals surface area contributed by atoms with E-state index in [-0.39, 0.29) is 5.78 Å². The molecule has 4 aromatic carbocycles. The zero-order valence-corrected chi connectivity index (χ0v) is 24.2. The van der Waals surface area contributed by atoms with Gasteiger partial charge in [-0.1, -0.05) is 121 Å². The van der Waals surface area contributed by atoms with Crippen molar-refractivity contribution in [3.05, 3.63) is 166 Å². The van der Waals surface area contributed by atoms with Crippen LogP contribution in [0.2, 0.25) is 10.0 Å². The molecule has 40 heavy (non-hydrogen) atoms. The number of Topliss-reactive ketones (excluding diaryl/α,β-unsaturated/α-hetero) is 1. The van der Waals surface area contributed by atoms with Crippen LogP contribution in [0.3, 0.4) is 0 Å². The van der Waals surface area contributed by atoms with Crippen molar-refractivity contribution in [3.63, 3.8) is 0 Å². The van der Waals surface area contributed by atoms with Crippen molar-refractivity contribution in [2.24, 2.45) is 0 Å². The first-order valence-corrected chi connectivity index (χ1v) is 13.5. The largest absolute Gasteiger partial charge is 0.384 e. The molecule has 2 nitrogen and oxygen atoms in total. The summed E-state index contributed by atoms with van der Waals surface area (Å²) >= 11 is 11.8. The molecule has 0 saturated carbocycles. The minimum atomic E-state index is -0.687. The fraction of sp³-hybridized carbons (Fsp3) is 0.0833. The summed E-state index contributed by atoms with van der Waals surface area (Å²) in [5, 5.41) is 11.7. The van der Waals surface area contributed by atoms with Crippen molar-refractivity contribution < 1.29 is 9.90 Å². The van der Waals surface area contributed by atoms with E-state index in [4.69, 9.17) is 23.2 Å². The predicted molar refractivity (Wildman–Crippen MR) is 172 cm³/mol.